The number of pyridine rings is 1. The first kappa shape index (κ1) is 13.5. The van der Waals surface area contributed by atoms with Gasteiger partial charge in [0.25, 0.3) is 0 Å². The lowest BCUT2D eigenvalue weighted by atomic mass is 10.2. The van der Waals surface area contributed by atoms with Crippen LogP contribution in [0.25, 0.3) is 0 Å². The van der Waals surface area contributed by atoms with Gasteiger partial charge in [0.05, 0.1) is 7.11 Å². The predicted molar refractivity (Wildman–Crippen MR) is 70.1 cm³/mol. The first-order valence-corrected chi connectivity index (χ1v) is 6.35. The van der Waals surface area contributed by atoms with Gasteiger partial charge in [0.2, 0.25) is 5.88 Å². The molecule has 0 aliphatic rings. The van der Waals surface area contributed by atoms with Gasteiger partial charge in [-0.05, 0) is 26.1 Å². The Labute approximate surface area is 106 Å². The van der Waals surface area contributed by atoms with E-state index < -0.39 is 0 Å². The number of rotatable bonds is 6. The lowest BCUT2D eigenvalue weighted by molar-refractivity contribution is 0.311. The van der Waals surface area contributed by atoms with Crippen molar-refractivity contribution in [2.45, 2.75) is 24.7 Å². The molecule has 0 bridgehead atoms. The van der Waals surface area contributed by atoms with Crippen LogP contribution in [0.5, 0.6) is 5.88 Å². The molecule has 3 nitrogen and oxygen atoms in total. The number of nitrogens with zero attached hydrogens (tertiary/aromatic N) is 2. The van der Waals surface area contributed by atoms with E-state index in [0.29, 0.717) is 4.83 Å². The molecule has 16 heavy (non-hydrogen) atoms. The average molecular weight is 287 g/mol. The zero-order valence-corrected chi connectivity index (χ0v) is 11.7. The lowest BCUT2D eigenvalue weighted by Crippen LogP contribution is -2.21. The molecule has 1 aromatic heterocycles. The lowest BCUT2D eigenvalue weighted by Gasteiger charge is -2.18. The predicted octanol–water partition coefficient (Wildman–Crippen LogP) is 2.70. The van der Waals surface area contributed by atoms with Crippen LogP contribution in [0, 0.1) is 0 Å². The number of alkyl halides is 1. The molecule has 0 aliphatic heterocycles. The fraction of sp³-hybridized carbons (Fsp3) is 0.583. The molecule has 0 aliphatic carbocycles. The Kier molecular flexibility index (Phi) is 5.77. The van der Waals surface area contributed by atoms with Crippen LogP contribution in [0.4, 0.5) is 0 Å². The van der Waals surface area contributed by atoms with Crippen LogP contribution in [0.15, 0.2) is 18.3 Å². The maximum absolute atomic E-state index is 5.22. The van der Waals surface area contributed by atoms with E-state index >= 15 is 0 Å². The highest BCUT2D eigenvalue weighted by Crippen LogP contribution is 2.15. The van der Waals surface area contributed by atoms with Crippen molar-refractivity contribution < 1.29 is 4.74 Å². The Morgan fingerprint density at radius 1 is 1.56 bits per heavy atom. The maximum atomic E-state index is 5.22. The number of methoxy groups -OCH3 is 1. The molecule has 1 atom stereocenters. The van der Waals surface area contributed by atoms with Crippen molar-refractivity contribution in [2.75, 3.05) is 20.7 Å². The number of hydrogen-bond donors (Lipinski definition) is 0. The van der Waals surface area contributed by atoms with Crippen LogP contribution in [0.3, 0.4) is 0 Å². The van der Waals surface area contributed by atoms with Crippen molar-refractivity contribution in [2.24, 2.45) is 0 Å². The molecule has 0 spiro atoms. The summed E-state index contributed by atoms with van der Waals surface area (Å²) in [5.41, 5.74) is 1.13. The molecule has 0 amide bonds. The van der Waals surface area contributed by atoms with Crippen molar-refractivity contribution in [3.63, 3.8) is 0 Å². The first-order valence-electron chi connectivity index (χ1n) is 5.44. The molecular formula is C12H19BrN2O. The molecule has 4 heteroatoms. The topological polar surface area (TPSA) is 25.4 Å². The summed E-state index contributed by atoms with van der Waals surface area (Å²) in [5, 5.41) is 0. The summed E-state index contributed by atoms with van der Waals surface area (Å²) in [6, 6.07) is 4.00. The third-order valence-electron chi connectivity index (χ3n) is 2.39. The van der Waals surface area contributed by atoms with E-state index in [4.69, 9.17) is 4.74 Å². The Morgan fingerprint density at radius 3 is 2.94 bits per heavy atom. The summed E-state index contributed by atoms with van der Waals surface area (Å²) in [6.45, 7) is 4.10. The van der Waals surface area contributed by atoms with Gasteiger partial charge in [-0.1, -0.05) is 28.9 Å². The van der Waals surface area contributed by atoms with Gasteiger partial charge in [0.1, 0.15) is 0 Å². The normalized spacial score (nSPS) is 12.8. The second-order valence-corrected chi connectivity index (χ2v) is 5.54. The van der Waals surface area contributed by atoms with Crippen molar-refractivity contribution in [3.8, 4) is 5.88 Å². The quantitative estimate of drug-likeness (QED) is 0.752. The SMILES string of the molecule is COc1ncccc1CN(C)CCC(C)Br. The van der Waals surface area contributed by atoms with Crippen LogP contribution in [-0.4, -0.2) is 35.4 Å². The number of hydrogen-bond acceptors (Lipinski definition) is 3. The molecule has 90 valence electrons. The fourth-order valence-electron chi connectivity index (χ4n) is 1.50. The fourth-order valence-corrected chi connectivity index (χ4v) is 1.70. The number of halogens is 1. The monoisotopic (exact) mass is 286 g/mol. The summed E-state index contributed by atoms with van der Waals surface area (Å²) in [4.78, 5) is 7.02. The highest BCUT2D eigenvalue weighted by molar-refractivity contribution is 9.09. The molecule has 1 heterocycles. The Morgan fingerprint density at radius 2 is 2.31 bits per heavy atom. The van der Waals surface area contributed by atoms with E-state index in [1.807, 2.05) is 6.07 Å². The third kappa shape index (κ3) is 4.49. The van der Waals surface area contributed by atoms with Crippen molar-refractivity contribution in [1.29, 1.82) is 0 Å². The third-order valence-corrected chi connectivity index (χ3v) is 2.85. The van der Waals surface area contributed by atoms with Crippen LogP contribution in [0.1, 0.15) is 18.9 Å². The minimum absolute atomic E-state index is 0.561. The van der Waals surface area contributed by atoms with Gasteiger partial charge in [-0.2, -0.15) is 0 Å². The van der Waals surface area contributed by atoms with Crippen LogP contribution >= 0.6 is 15.9 Å². The van der Waals surface area contributed by atoms with Crippen molar-refractivity contribution in [1.82, 2.24) is 9.88 Å². The van der Waals surface area contributed by atoms with Gasteiger partial charge in [0.15, 0.2) is 0 Å². The van der Waals surface area contributed by atoms with E-state index in [2.05, 4.69) is 45.9 Å². The molecule has 0 saturated carbocycles. The molecule has 1 aromatic rings. The van der Waals surface area contributed by atoms with Crippen LogP contribution in [0.2, 0.25) is 0 Å². The molecule has 0 radical (unpaired) electrons. The summed E-state index contributed by atoms with van der Waals surface area (Å²) < 4.78 is 5.22. The Bertz CT molecular complexity index is 318. The van der Waals surface area contributed by atoms with E-state index in [0.717, 1.165) is 31.0 Å². The molecule has 0 saturated heterocycles. The highest BCUT2D eigenvalue weighted by atomic mass is 79.9. The molecule has 0 fully saturated rings. The van der Waals surface area contributed by atoms with Crippen LogP contribution < -0.4 is 4.74 Å². The second-order valence-electron chi connectivity index (χ2n) is 3.98. The smallest absolute Gasteiger partial charge is 0.217 e. The van der Waals surface area contributed by atoms with Crippen molar-refractivity contribution in [3.05, 3.63) is 23.9 Å². The molecule has 0 N–H and O–H groups in total. The molecule has 1 rings (SSSR count). The van der Waals surface area contributed by atoms with Crippen LogP contribution in [-0.2, 0) is 6.54 Å². The summed E-state index contributed by atoms with van der Waals surface area (Å²) >= 11 is 3.55. The van der Waals surface area contributed by atoms with Crippen molar-refractivity contribution >= 4 is 15.9 Å². The van der Waals surface area contributed by atoms with E-state index in [-0.39, 0.29) is 0 Å². The summed E-state index contributed by atoms with van der Waals surface area (Å²) in [7, 11) is 3.77. The Hall–Kier alpha value is -0.610. The Balaban J connectivity index is 2.51. The highest BCUT2D eigenvalue weighted by Gasteiger charge is 2.07. The van der Waals surface area contributed by atoms with Gasteiger partial charge < -0.3 is 9.64 Å². The minimum Gasteiger partial charge on any atom is -0.481 e. The molecular weight excluding hydrogens is 268 g/mol. The zero-order chi connectivity index (χ0) is 12.0. The zero-order valence-electron chi connectivity index (χ0n) is 10.1. The largest absolute Gasteiger partial charge is 0.481 e. The average Bonchev–Trinajstić information content (AvgIpc) is 2.27. The van der Waals surface area contributed by atoms with Gasteiger partial charge >= 0.3 is 0 Å². The summed E-state index contributed by atoms with van der Waals surface area (Å²) in [5.74, 6) is 0.723. The maximum Gasteiger partial charge on any atom is 0.217 e. The number of aromatic nitrogens is 1. The van der Waals surface area contributed by atoms with Gasteiger partial charge in [-0.15, -0.1) is 0 Å². The van der Waals surface area contributed by atoms with Gasteiger partial charge in [-0.25, -0.2) is 4.98 Å². The van der Waals surface area contributed by atoms with E-state index in [1.165, 1.54) is 0 Å². The van der Waals surface area contributed by atoms with E-state index in [9.17, 15) is 0 Å². The second kappa shape index (κ2) is 6.86. The molecule has 1 unspecified atom stereocenters. The van der Waals surface area contributed by atoms with Gasteiger partial charge in [-0.3, -0.25) is 0 Å². The number of ether oxygens (including phenoxy) is 1. The standard InChI is InChI=1S/C12H19BrN2O/c1-10(13)6-8-15(2)9-11-5-4-7-14-12(11)16-3/h4-5,7,10H,6,8-9H2,1-3H3. The minimum atomic E-state index is 0.561. The molecule has 0 aromatic carbocycles. The van der Waals surface area contributed by atoms with E-state index in [1.54, 1.807) is 13.3 Å². The first-order chi connectivity index (χ1) is 7.63. The summed E-state index contributed by atoms with van der Waals surface area (Å²) in [6.07, 6.45) is 2.89. The van der Waals surface area contributed by atoms with Gasteiger partial charge in [0, 0.05) is 23.1 Å².